The van der Waals surface area contributed by atoms with Crippen molar-refractivity contribution in [2.75, 3.05) is 39.9 Å². The minimum Gasteiger partial charge on any atom is -0.383 e. The van der Waals surface area contributed by atoms with E-state index in [1.807, 2.05) is 0 Å². The zero-order valence-corrected chi connectivity index (χ0v) is 14.5. The Hall–Kier alpha value is -0.650. The summed E-state index contributed by atoms with van der Waals surface area (Å²) >= 11 is 0. The highest BCUT2D eigenvalue weighted by molar-refractivity contribution is 5.80. The maximum absolute atomic E-state index is 13.0. The Morgan fingerprint density at radius 1 is 1.36 bits per heavy atom. The third-order valence-corrected chi connectivity index (χ3v) is 5.52. The van der Waals surface area contributed by atoms with Gasteiger partial charge >= 0.3 is 0 Å². The molecule has 0 bridgehead atoms. The number of amides is 1. The summed E-state index contributed by atoms with van der Waals surface area (Å²) in [4.78, 5) is 17.5. The molecule has 22 heavy (non-hydrogen) atoms. The predicted molar refractivity (Wildman–Crippen MR) is 88.7 cm³/mol. The lowest BCUT2D eigenvalue weighted by Crippen LogP contribution is -2.60. The van der Waals surface area contributed by atoms with Gasteiger partial charge < -0.3 is 15.4 Å². The molecule has 0 aromatic heterocycles. The number of piperazine rings is 1. The summed E-state index contributed by atoms with van der Waals surface area (Å²) in [6.07, 6.45) is 5.27. The van der Waals surface area contributed by atoms with E-state index in [1.165, 1.54) is 0 Å². The third-order valence-electron chi connectivity index (χ3n) is 5.52. The van der Waals surface area contributed by atoms with E-state index in [9.17, 15) is 4.79 Å². The van der Waals surface area contributed by atoms with E-state index >= 15 is 0 Å². The Balaban J connectivity index is 1.97. The number of nitrogens with two attached hydrogens (primary N) is 1. The molecule has 2 N–H and O–H groups in total. The smallest absolute Gasteiger partial charge is 0.227 e. The summed E-state index contributed by atoms with van der Waals surface area (Å²) in [5.74, 6) is 0.291. The molecule has 3 atom stereocenters. The highest BCUT2D eigenvalue weighted by Crippen LogP contribution is 2.33. The van der Waals surface area contributed by atoms with Crippen molar-refractivity contribution >= 4 is 5.91 Å². The quantitative estimate of drug-likeness (QED) is 0.835. The van der Waals surface area contributed by atoms with Crippen LogP contribution in [0.3, 0.4) is 0 Å². The second-order valence-electron chi connectivity index (χ2n) is 7.18. The molecule has 5 heteroatoms. The molecule has 1 amide bonds. The van der Waals surface area contributed by atoms with Crippen LogP contribution in [0.15, 0.2) is 0 Å². The van der Waals surface area contributed by atoms with Gasteiger partial charge in [0, 0.05) is 44.9 Å². The molecule has 3 unspecified atom stereocenters. The fourth-order valence-electron chi connectivity index (χ4n) is 3.97. The van der Waals surface area contributed by atoms with Gasteiger partial charge in [-0.25, -0.2) is 0 Å². The fraction of sp³-hybridized carbons (Fsp3) is 0.941. The Kier molecular flexibility index (Phi) is 6.24. The topological polar surface area (TPSA) is 58.8 Å². The molecule has 0 spiro atoms. The second-order valence-corrected chi connectivity index (χ2v) is 7.18. The van der Waals surface area contributed by atoms with Gasteiger partial charge in [-0.3, -0.25) is 9.69 Å². The number of hydrogen-bond donors (Lipinski definition) is 1. The van der Waals surface area contributed by atoms with Crippen LogP contribution in [-0.2, 0) is 9.53 Å². The van der Waals surface area contributed by atoms with Gasteiger partial charge in [-0.05, 0) is 26.2 Å². The maximum atomic E-state index is 13.0. The summed E-state index contributed by atoms with van der Waals surface area (Å²) in [5, 5.41) is 0. The van der Waals surface area contributed by atoms with Gasteiger partial charge in [-0.2, -0.15) is 0 Å². The van der Waals surface area contributed by atoms with Crippen molar-refractivity contribution in [1.82, 2.24) is 9.80 Å². The lowest BCUT2D eigenvalue weighted by Gasteiger charge is -2.45. The number of methoxy groups -OCH3 is 1. The van der Waals surface area contributed by atoms with Gasteiger partial charge in [0.05, 0.1) is 12.5 Å². The first-order valence-corrected chi connectivity index (χ1v) is 8.80. The normalized spacial score (nSPS) is 33.9. The van der Waals surface area contributed by atoms with Crippen molar-refractivity contribution in [3.05, 3.63) is 0 Å². The van der Waals surface area contributed by atoms with Crippen molar-refractivity contribution in [3.8, 4) is 0 Å². The monoisotopic (exact) mass is 311 g/mol. The standard InChI is InChI=1S/C17H33N3O2/c1-4-14-13-20(10-9-19(14)11-12-22-3)16(21)15-7-5-6-8-17(15,2)18/h14-15H,4-13,18H2,1-3H3. The number of carbonyl (C=O) groups excluding carboxylic acids is 1. The molecule has 0 aromatic carbocycles. The van der Waals surface area contributed by atoms with Gasteiger partial charge in [0.15, 0.2) is 0 Å². The van der Waals surface area contributed by atoms with E-state index < -0.39 is 0 Å². The first-order valence-electron chi connectivity index (χ1n) is 8.80. The molecule has 0 aromatic rings. The zero-order chi connectivity index (χ0) is 16.2. The molecule has 2 fully saturated rings. The van der Waals surface area contributed by atoms with Crippen molar-refractivity contribution in [2.45, 2.75) is 57.5 Å². The largest absolute Gasteiger partial charge is 0.383 e. The summed E-state index contributed by atoms with van der Waals surface area (Å²) in [6, 6.07) is 0.445. The second kappa shape index (κ2) is 7.75. The maximum Gasteiger partial charge on any atom is 0.227 e. The Morgan fingerprint density at radius 3 is 2.77 bits per heavy atom. The third kappa shape index (κ3) is 4.00. The van der Waals surface area contributed by atoms with E-state index in [1.54, 1.807) is 7.11 Å². The van der Waals surface area contributed by atoms with Crippen molar-refractivity contribution < 1.29 is 9.53 Å². The lowest BCUT2D eigenvalue weighted by molar-refractivity contribution is -0.142. The average Bonchev–Trinajstić information content (AvgIpc) is 2.51. The summed E-state index contributed by atoms with van der Waals surface area (Å²) < 4.78 is 5.20. The Morgan fingerprint density at radius 2 is 2.14 bits per heavy atom. The molecule has 1 saturated heterocycles. The molecule has 2 rings (SSSR count). The molecular formula is C17H33N3O2. The lowest BCUT2D eigenvalue weighted by atomic mass is 9.74. The highest BCUT2D eigenvalue weighted by Gasteiger charge is 2.41. The number of ether oxygens (including phenoxy) is 1. The van der Waals surface area contributed by atoms with Gasteiger partial charge in [-0.1, -0.05) is 19.8 Å². The van der Waals surface area contributed by atoms with Crippen LogP contribution in [0, 0.1) is 5.92 Å². The summed E-state index contributed by atoms with van der Waals surface area (Å²) in [5.41, 5.74) is 6.09. The van der Waals surface area contributed by atoms with E-state index in [4.69, 9.17) is 10.5 Å². The van der Waals surface area contributed by atoms with Crippen molar-refractivity contribution in [3.63, 3.8) is 0 Å². The minimum absolute atomic E-state index is 0.00396. The first-order chi connectivity index (χ1) is 10.5. The number of carbonyl (C=O) groups is 1. The molecule has 1 saturated carbocycles. The molecule has 128 valence electrons. The Labute approximate surface area is 135 Å². The van der Waals surface area contributed by atoms with Crippen LogP contribution in [0.4, 0.5) is 0 Å². The van der Waals surface area contributed by atoms with Gasteiger partial charge in [0.2, 0.25) is 5.91 Å². The average molecular weight is 311 g/mol. The Bertz CT molecular complexity index is 373. The first kappa shape index (κ1) is 17.7. The molecule has 0 radical (unpaired) electrons. The molecule has 1 aliphatic carbocycles. The van der Waals surface area contributed by atoms with Crippen LogP contribution in [0.5, 0.6) is 0 Å². The van der Waals surface area contributed by atoms with Crippen LogP contribution in [-0.4, -0.2) is 67.2 Å². The zero-order valence-electron chi connectivity index (χ0n) is 14.5. The van der Waals surface area contributed by atoms with E-state index in [0.717, 1.165) is 64.9 Å². The molecular weight excluding hydrogens is 278 g/mol. The van der Waals surface area contributed by atoms with Gasteiger partial charge in [0.25, 0.3) is 0 Å². The van der Waals surface area contributed by atoms with E-state index in [0.29, 0.717) is 6.04 Å². The van der Waals surface area contributed by atoms with Gasteiger partial charge in [-0.15, -0.1) is 0 Å². The minimum atomic E-state index is -0.329. The van der Waals surface area contributed by atoms with Crippen LogP contribution in [0.2, 0.25) is 0 Å². The fourth-order valence-corrected chi connectivity index (χ4v) is 3.97. The molecule has 2 aliphatic rings. The van der Waals surface area contributed by atoms with E-state index in [-0.39, 0.29) is 17.4 Å². The highest BCUT2D eigenvalue weighted by atomic mass is 16.5. The van der Waals surface area contributed by atoms with Crippen LogP contribution >= 0.6 is 0 Å². The van der Waals surface area contributed by atoms with Crippen molar-refractivity contribution in [2.24, 2.45) is 11.7 Å². The molecule has 5 nitrogen and oxygen atoms in total. The predicted octanol–water partition coefficient (Wildman–Crippen LogP) is 1.46. The van der Waals surface area contributed by atoms with Gasteiger partial charge in [0.1, 0.15) is 0 Å². The molecule has 1 heterocycles. The van der Waals surface area contributed by atoms with Crippen LogP contribution in [0.25, 0.3) is 0 Å². The SMILES string of the molecule is CCC1CN(C(=O)C2CCCCC2(C)N)CCN1CCOC. The van der Waals surface area contributed by atoms with Crippen molar-refractivity contribution in [1.29, 1.82) is 0 Å². The number of nitrogens with zero attached hydrogens (tertiary/aromatic N) is 2. The van der Waals surface area contributed by atoms with Crippen LogP contribution in [0.1, 0.15) is 46.0 Å². The summed E-state index contributed by atoms with van der Waals surface area (Å²) in [7, 11) is 1.74. The number of hydrogen-bond acceptors (Lipinski definition) is 4. The van der Waals surface area contributed by atoms with E-state index in [2.05, 4.69) is 23.6 Å². The molecule has 1 aliphatic heterocycles. The van der Waals surface area contributed by atoms with Crippen LogP contribution < -0.4 is 5.73 Å². The summed E-state index contributed by atoms with van der Waals surface area (Å²) in [6.45, 7) is 8.58. The number of rotatable bonds is 5.